The first-order valence-electron chi connectivity index (χ1n) is 5.10. The molecule has 0 fully saturated rings. The van der Waals surface area contributed by atoms with Crippen molar-refractivity contribution >= 4 is 0 Å². The van der Waals surface area contributed by atoms with Crippen molar-refractivity contribution < 1.29 is 37.4 Å². The van der Waals surface area contributed by atoms with E-state index in [1.807, 2.05) is 30.3 Å². The van der Waals surface area contributed by atoms with E-state index in [0.717, 1.165) is 5.75 Å². The molecule has 1 aromatic carbocycles. The Labute approximate surface area is 132 Å². The third kappa shape index (κ3) is 6.67. The normalized spacial score (nSPS) is 8.56. The average Bonchev–Trinajstić information content (AvgIpc) is 2.36. The summed E-state index contributed by atoms with van der Waals surface area (Å²) in [4.78, 5) is 14.0. The van der Waals surface area contributed by atoms with Crippen LogP contribution in [0, 0.1) is 13.1 Å². The zero-order valence-corrected chi connectivity index (χ0v) is 13.1. The second-order valence-corrected chi connectivity index (χ2v) is 3.12. The van der Waals surface area contributed by atoms with Crippen LogP contribution < -0.4 is 10.3 Å². The molecular weight excluding hydrogens is 305 g/mol. The van der Waals surface area contributed by atoms with Crippen LogP contribution in [0.3, 0.4) is 0 Å². The maximum Gasteiger partial charge on any atom is 0.176 e. The maximum absolute atomic E-state index is 10.5. The molecule has 4 nitrogen and oxygen atoms in total. The molecule has 0 saturated heterocycles. The number of rotatable bonds is 2. The van der Waals surface area contributed by atoms with Gasteiger partial charge in [0.25, 0.3) is 0 Å². The number of ether oxygens (including phenoxy) is 1. The Balaban J connectivity index is 0.000000306. The monoisotopic (exact) mass is 319 g/mol. The van der Waals surface area contributed by atoms with E-state index in [4.69, 9.17) is 4.74 Å². The quantitative estimate of drug-likeness (QED) is 0.788. The van der Waals surface area contributed by atoms with E-state index in [0.29, 0.717) is 6.61 Å². The minimum Gasteiger partial charge on any atom is -0.525 e. The van der Waals surface area contributed by atoms with Crippen LogP contribution in [-0.4, -0.2) is 16.2 Å². The van der Waals surface area contributed by atoms with Gasteiger partial charge in [-0.25, -0.2) is 0 Å². The summed E-state index contributed by atoms with van der Waals surface area (Å²) in [7, 11) is 1.65. The Morgan fingerprint density at radius 3 is 2.50 bits per heavy atom. The smallest absolute Gasteiger partial charge is 0.176 e. The van der Waals surface area contributed by atoms with Gasteiger partial charge in [0.1, 0.15) is 5.75 Å². The van der Waals surface area contributed by atoms with Crippen LogP contribution >= 0.6 is 0 Å². The molecule has 1 heterocycles. The molecule has 5 heteroatoms. The molecule has 0 atom stereocenters. The first kappa shape index (κ1) is 17.0. The molecule has 0 aliphatic carbocycles. The summed E-state index contributed by atoms with van der Waals surface area (Å²) in [6.07, 6.45) is 5.35. The molecule has 0 N–H and O–H groups in total. The van der Waals surface area contributed by atoms with E-state index in [-0.39, 0.29) is 38.3 Å². The van der Waals surface area contributed by atoms with Crippen LogP contribution in [0.1, 0.15) is 0 Å². The first-order chi connectivity index (χ1) is 8.24. The molecule has 0 saturated carbocycles. The van der Waals surface area contributed by atoms with E-state index >= 15 is 0 Å². The third-order valence-corrected chi connectivity index (χ3v) is 1.86. The Hall–Kier alpha value is -0.996. The number of nitrogens with zero attached hydrogens (tertiary/aromatic N) is 2. The number of hydrogen-bond acceptors (Lipinski definition) is 3. The van der Waals surface area contributed by atoms with Gasteiger partial charge in [0.2, 0.25) is 0 Å². The van der Waals surface area contributed by atoms with E-state index in [9.17, 15) is 4.79 Å². The predicted octanol–water partition coefficient (Wildman–Crippen LogP) is 1.48. The number of aryl methyl sites for hydroxylation is 1. The standard InChI is InChI=1S/C8H9O.C5H5N2O.Y/c1-2-9-8-6-4-3-5-7-8;1-7-3-2-6-4-5(7)8;/h3-7H,1-2H2;2-3H,1H3;/q2*-1;. The molecule has 93 valence electrons. The van der Waals surface area contributed by atoms with Gasteiger partial charge in [0.15, 0.2) is 5.56 Å². The van der Waals surface area contributed by atoms with Gasteiger partial charge in [-0.2, -0.15) is 0 Å². The molecule has 2 rings (SSSR count). The predicted molar refractivity (Wildman–Crippen MR) is 65.6 cm³/mol. The van der Waals surface area contributed by atoms with Crippen molar-refractivity contribution in [3.05, 3.63) is 66.2 Å². The fourth-order valence-corrected chi connectivity index (χ4v) is 1.01. The summed E-state index contributed by atoms with van der Waals surface area (Å²) in [5, 5.41) is 0. The van der Waals surface area contributed by atoms with Crippen molar-refractivity contribution in [2.75, 3.05) is 6.61 Å². The molecule has 1 aromatic heterocycles. The van der Waals surface area contributed by atoms with Gasteiger partial charge in [-0.05, 0) is 18.7 Å². The fraction of sp³-hybridized carbons (Fsp3) is 0.154. The van der Waals surface area contributed by atoms with Crippen LogP contribution in [0.5, 0.6) is 5.75 Å². The molecule has 2 aromatic rings. The summed E-state index contributed by atoms with van der Waals surface area (Å²) in [5.41, 5.74) is -0.201. The molecule has 0 unspecified atom stereocenters. The van der Waals surface area contributed by atoms with Crippen molar-refractivity contribution in [1.82, 2.24) is 9.55 Å². The SMILES string of the molecule is Cn1ccn[c-]c1=O.[CH2-]COc1ccccc1.[Y]. The van der Waals surface area contributed by atoms with E-state index in [2.05, 4.69) is 18.1 Å². The van der Waals surface area contributed by atoms with Gasteiger partial charge in [-0.1, -0.05) is 30.6 Å². The average molecular weight is 319 g/mol. The fourth-order valence-electron chi connectivity index (χ4n) is 1.01. The zero-order valence-electron chi connectivity index (χ0n) is 10.2. The molecule has 0 aliphatic rings. The summed E-state index contributed by atoms with van der Waals surface area (Å²) >= 11 is 0. The van der Waals surface area contributed by atoms with Crippen molar-refractivity contribution in [2.45, 2.75) is 0 Å². The second-order valence-electron chi connectivity index (χ2n) is 3.12. The number of aromatic nitrogens is 2. The number of para-hydroxylation sites is 1. The van der Waals surface area contributed by atoms with E-state index < -0.39 is 0 Å². The summed E-state index contributed by atoms with van der Waals surface area (Å²) in [5.74, 6) is 0.882. The van der Waals surface area contributed by atoms with Gasteiger partial charge in [0.05, 0.1) is 0 Å². The Bertz CT molecular complexity index is 486. The molecule has 18 heavy (non-hydrogen) atoms. The van der Waals surface area contributed by atoms with Crippen molar-refractivity contribution in [3.63, 3.8) is 0 Å². The topological polar surface area (TPSA) is 44.1 Å². The first-order valence-corrected chi connectivity index (χ1v) is 5.10. The van der Waals surface area contributed by atoms with Crippen LogP contribution in [0.2, 0.25) is 0 Å². The maximum atomic E-state index is 10.5. The van der Waals surface area contributed by atoms with Crippen molar-refractivity contribution in [1.29, 1.82) is 0 Å². The minimum absolute atomic E-state index is 0. The summed E-state index contributed by atoms with van der Waals surface area (Å²) in [6, 6.07) is 9.64. The molecule has 1 radical (unpaired) electrons. The molecular formula is C13H14N2O2Y-2. The summed E-state index contributed by atoms with van der Waals surface area (Å²) < 4.78 is 6.50. The molecule has 0 aliphatic heterocycles. The van der Waals surface area contributed by atoms with Crippen molar-refractivity contribution in [2.24, 2.45) is 7.05 Å². The Morgan fingerprint density at radius 1 is 1.39 bits per heavy atom. The number of hydrogen-bond donors (Lipinski definition) is 0. The van der Waals surface area contributed by atoms with Crippen LogP contribution in [0.15, 0.2) is 47.5 Å². The zero-order chi connectivity index (χ0) is 12.5. The van der Waals surface area contributed by atoms with Gasteiger partial charge in [0, 0.05) is 39.8 Å². The van der Waals surface area contributed by atoms with E-state index in [1.165, 1.54) is 10.8 Å². The minimum atomic E-state index is -0.201. The van der Waals surface area contributed by atoms with Crippen LogP contribution in [-0.2, 0) is 39.8 Å². The van der Waals surface area contributed by atoms with Crippen molar-refractivity contribution in [3.8, 4) is 5.75 Å². The molecule has 0 bridgehead atoms. The van der Waals surface area contributed by atoms with Crippen LogP contribution in [0.4, 0.5) is 0 Å². The molecule has 0 amide bonds. The second kappa shape index (κ2) is 9.98. The Kier molecular flexibility index (Phi) is 9.42. The van der Waals surface area contributed by atoms with Gasteiger partial charge >= 0.3 is 0 Å². The van der Waals surface area contributed by atoms with Crippen LogP contribution in [0.25, 0.3) is 0 Å². The van der Waals surface area contributed by atoms with E-state index in [1.54, 1.807) is 13.2 Å². The third-order valence-electron chi connectivity index (χ3n) is 1.86. The Morgan fingerprint density at radius 2 is 2.06 bits per heavy atom. The largest absolute Gasteiger partial charge is 0.525 e. The van der Waals surface area contributed by atoms with Gasteiger partial charge in [-0.3, -0.25) is 4.79 Å². The van der Waals surface area contributed by atoms with Gasteiger partial charge < -0.3 is 21.2 Å². The van der Waals surface area contributed by atoms with Gasteiger partial charge in [-0.15, -0.1) is 6.20 Å². The summed E-state index contributed by atoms with van der Waals surface area (Å²) in [6.45, 7) is 4.05. The molecule has 0 spiro atoms. The number of benzene rings is 1.